The number of amides is 1. The molecule has 0 saturated carbocycles. The number of anilines is 1. The summed E-state index contributed by atoms with van der Waals surface area (Å²) < 4.78 is 5.62. The molecule has 0 aliphatic rings. The Morgan fingerprint density at radius 2 is 2.40 bits per heavy atom. The SMILES string of the molecule is Cc1nc(N)sc1C(=O)NC[C@H](C)Oc1cccnc1. The van der Waals surface area contributed by atoms with Crippen molar-refractivity contribution in [2.75, 3.05) is 12.3 Å². The fourth-order valence-corrected chi connectivity index (χ4v) is 2.39. The van der Waals surface area contributed by atoms with E-state index >= 15 is 0 Å². The van der Waals surface area contributed by atoms with Crippen molar-refractivity contribution in [1.82, 2.24) is 15.3 Å². The number of nitrogens with two attached hydrogens (primary N) is 1. The van der Waals surface area contributed by atoms with Gasteiger partial charge in [-0.15, -0.1) is 0 Å². The molecule has 2 aromatic rings. The molecule has 1 amide bonds. The van der Waals surface area contributed by atoms with E-state index in [9.17, 15) is 4.79 Å². The van der Waals surface area contributed by atoms with Gasteiger partial charge in [-0.3, -0.25) is 9.78 Å². The van der Waals surface area contributed by atoms with Gasteiger partial charge < -0.3 is 15.8 Å². The van der Waals surface area contributed by atoms with Gasteiger partial charge in [0.2, 0.25) is 0 Å². The highest BCUT2D eigenvalue weighted by Gasteiger charge is 2.15. The highest BCUT2D eigenvalue weighted by Crippen LogP contribution is 2.19. The summed E-state index contributed by atoms with van der Waals surface area (Å²) >= 11 is 1.18. The first-order valence-electron chi connectivity index (χ1n) is 6.14. The van der Waals surface area contributed by atoms with Crippen molar-refractivity contribution in [1.29, 1.82) is 0 Å². The maximum absolute atomic E-state index is 12.0. The second-order valence-corrected chi connectivity index (χ2v) is 5.32. The summed E-state index contributed by atoms with van der Waals surface area (Å²) in [4.78, 5) is 20.5. The molecule has 0 aliphatic carbocycles. The maximum atomic E-state index is 12.0. The van der Waals surface area contributed by atoms with E-state index in [-0.39, 0.29) is 12.0 Å². The van der Waals surface area contributed by atoms with Gasteiger partial charge >= 0.3 is 0 Å². The summed E-state index contributed by atoms with van der Waals surface area (Å²) in [6.07, 6.45) is 3.15. The summed E-state index contributed by atoms with van der Waals surface area (Å²) in [5.74, 6) is 0.491. The molecule has 2 rings (SSSR count). The second-order valence-electron chi connectivity index (χ2n) is 4.29. The summed E-state index contributed by atoms with van der Waals surface area (Å²) in [6.45, 7) is 4.03. The molecule has 20 heavy (non-hydrogen) atoms. The topological polar surface area (TPSA) is 90.1 Å². The smallest absolute Gasteiger partial charge is 0.263 e. The number of ether oxygens (including phenoxy) is 1. The summed E-state index contributed by atoms with van der Waals surface area (Å²) in [6, 6.07) is 3.61. The molecule has 0 fully saturated rings. The Morgan fingerprint density at radius 1 is 1.60 bits per heavy atom. The molecule has 2 aromatic heterocycles. The average Bonchev–Trinajstić information content (AvgIpc) is 2.76. The van der Waals surface area contributed by atoms with Crippen LogP contribution in [0.1, 0.15) is 22.3 Å². The molecule has 6 nitrogen and oxygen atoms in total. The van der Waals surface area contributed by atoms with Gasteiger partial charge in [-0.1, -0.05) is 11.3 Å². The lowest BCUT2D eigenvalue weighted by atomic mass is 10.3. The quantitative estimate of drug-likeness (QED) is 0.874. The van der Waals surface area contributed by atoms with E-state index in [2.05, 4.69) is 15.3 Å². The minimum Gasteiger partial charge on any atom is -0.487 e. The number of thiazole rings is 1. The van der Waals surface area contributed by atoms with Gasteiger partial charge in [-0.25, -0.2) is 4.98 Å². The largest absolute Gasteiger partial charge is 0.487 e. The number of aryl methyl sites for hydroxylation is 1. The molecule has 3 N–H and O–H groups in total. The van der Waals surface area contributed by atoms with Crippen LogP contribution in [0.4, 0.5) is 5.13 Å². The van der Waals surface area contributed by atoms with Crippen molar-refractivity contribution < 1.29 is 9.53 Å². The molecular weight excluding hydrogens is 276 g/mol. The van der Waals surface area contributed by atoms with Crippen molar-refractivity contribution in [3.05, 3.63) is 35.1 Å². The molecule has 0 saturated heterocycles. The molecule has 0 spiro atoms. The van der Waals surface area contributed by atoms with Gasteiger partial charge in [0.05, 0.1) is 18.4 Å². The van der Waals surface area contributed by atoms with Crippen LogP contribution in [0.5, 0.6) is 5.75 Å². The van der Waals surface area contributed by atoms with Crippen LogP contribution >= 0.6 is 11.3 Å². The van der Waals surface area contributed by atoms with Crippen molar-refractivity contribution in [2.45, 2.75) is 20.0 Å². The number of nitrogen functional groups attached to an aromatic ring is 1. The predicted molar refractivity (Wildman–Crippen MR) is 77.9 cm³/mol. The maximum Gasteiger partial charge on any atom is 0.263 e. The monoisotopic (exact) mass is 292 g/mol. The van der Waals surface area contributed by atoms with E-state index in [4.69, 9.17) is 10.5 Å². The lowest BCUT2D eigenvalue weighted by molar-refractivity contribution is 0.0935. The van der Waals surface area contributed by atoms with Crippen molar-refractivity contribution >= 4 is 22.4 Å². The molecule has 2 heterocycles. The van der Waals surface area contributed by atoms with Crippen LogP contribution in [-0.4, -0.2) is 28.5 Å². The van der Waals surface area contributed by atoms with Gasteiger partial charge in [0.25, 0.3) is 5.91 Å². The first-order chi connectivity index (χ1) is 9.56. The predicted octanol–water partition coefficient (Wildman–Crippen LogP) is 1.63. The van der Waals surface area contributed by atoms with Crippen LogP contribution in [0.3, 0.4) is 0 Å². The Hall–Kier alpha value is -2.15. The second kappa shape index (κ2) is 6.33. The highest BCUT2D eigenvalue weighted by molar-refractivity contribution is 7.17. The van der Waals surface area contributed by atoms with E-state index in [0.29, 0.717) is 28.0 Å². The van der Waals surface area contributed by atoms with E-state index in [1.807, 2.05) is 13.0 Å². The average molecular weight is 292 g/mol. The van der Waals surface area contributed by atoms with Crippen LogP contribution in [0.25, 0.3) is 0 Å². The zero-order valence-corrected chi connectivity index (χ0v) is 12.1. The number of nitrogens with zero attached hydrogens (tertiary/aromatic N) is 2. The molecule has 0 aliphatic heterocycles. The van der Waals surface area contributed by atoms with Crippen molar-refractivity contribution in [2.24, 2.45) is 0 Å². The fourth-order valence-electron chi connectivity index (χ4n) is 1.64. The van der Waals surface area contributed by atoms with E-state index < -0.39 is 0 Å². The Kier molecular flexibility index (Phi) is 4.52. The number of nitrogens with one attached hydrogen (secondary N) is 1. The van der Waals surface area contributed by atoms with E-state index in [1.54, 1.807) is 25.4 Å². The third kappa shape index (κ3) is 3.67. The van der Waals surface area contributed by atoms with Gasteiger partial charge in [0, 0.05) is 6.20 Å². The van der Waals surface area contributed by atoms with Gasteiger partial charge in [0.15, 0.2) is 5.13 Å². The fraction of sp³-hybridized carbons (Fsp3) is 0.308. The third-order valence-electron chi connectivity index (χ3n) is 2.54. The summed E-state index contributed by atoms with van der Waals surface area (Å²) in [5, 5.41) is 3.20. The molecule has 0 aromatic carbocycles. The Balaban J connectivity index is 1.86. The molecule has 106 valence electrons. The molecule has 0 bridgehead atoms. The minimum atomic E-state index is -0.182. The number of hydrogen-bond acceptors (Lipinski definition) is 6. The first-order valence-corrected chi connectivity index (χ1v) is 6.95. The number of aromatic nitrogens is 2. The molecule has 1 atom stereocenters. The number of rotatable bonds is 5. The molecular formula is C13H16N4O2S. The highest BCUT2D eigenvalue weighted by atomic mass is 32.1. The van der Waals surface area contributed by atoms with Crippen molar-refractivity contribution in [3.63, 3.8) is 0 Å². The molecule has 0 radical (unpaired) electrons. The zero-order chi connectivity index (χ0) is 14.5. The number of hydrogen-bond donors (Lipinski definition) is 2. The zero-order valence-electron chi connectivity index (χ0n) is 11.3. The van der Waals surface area contributed by atoms with Crippen LogP contribution < -0.4 is 15.8 Å². The molecule has 0 unspecified atom stereocenters. The summed E-state index contributed by atoms with van der Waals surface area (Å²) in [5.41, 5.74) is 6.22. The minimum absolute atomic E-state index is 0.159. The normalized spacial score (nSPS) is 11.9. The van der Waals surface area contributed by atoms with Crippen LogP contribution in [0, 0.1) is 6.92 Å². The number of pyridine rings is 1. The lowest BCUT2D eigenvalue weighted by Crippen LogP contribution is -2.33. The van der Waals surface area contributed by atoms with Crippen LogP contribution in [0.2, 0.25) is 0 Å². The first kappa shape index (κ1) is 14.3. The number of carbonyl (C=O) groups is 1. The summed E-state index contributed by atoms with van der Waals surface area (Å²) in [7, 11) is 0. The van der Waals surface area contributed by atoms with Gasteiger partial charge in [-0.05, 0) is 26.0 Å². The Bertz CT molecular complexity index is 585. The van der Waals surface area contributed by atoms with Crippen molar-refractivity contribution in [3.8, 4) is 5.75 Å². The van der Waals surface area contributed by atoms with E-state index in [0.717, 1.165) is 0 Å². The molecule has 7 heteroatoms. The Morgan fingerprint density at radius 3 is 3.00 bits per heavy atom. The standard InChI is InChI=1S/C13H16N4O2S/c1-8(19-10-4-3-5-15-7-10)6-16-12(18)11-9(2)17-13(14)20-11/h3-5,7-8H,6H2,1-2H3,(H2,14,17)(H,16,18)/t8-/m0/s1. The number of carbonyl (C=O) groups excluding carboxylic acids is 1. The van der Waals surface area contributed by atoms with E-state index in [1.165, 1.54) is 11.3 Å². The van der Waals surface area contributed by atoms with Gasteiger partial charge in [-0.2, -0.15) is 0 Å². The lowest BCUT2D eigenvalue weighted by Gasteiger charge is -2.14. The Labute approximate surface area is 121 Å². The van der Waals surface area contributed by atoms with Crippen LogP contribution in [-0.2, 0) is 0 Å². The van der Waals surface area contributed by atoms with Gasteiger partial charge in [0.1, 0.15) is 16.7 Å². The third-order valence-corrected chi connectivity index (χ3v) is 3.53. The van der Waals surface area contributed by atoms with Crippen LogP contribution in [0.15, 0.2) is 24.5 Å².